The van der Waals surface area contributed by atoms with Crippen LogP contribution in [0.1, 0.15) is 59.3 Å². The van der Waals surface area contributed by atoms with Crippen molar-refractivity contribution in [1.29, 1.82) is 0 Å². The van der Waals surface area contributed by atoms with Crippen molar-refractivity contribution in [1.82, 2.24) is 16.0 Å². The number of carboxylic acids is 1. The first kappa shape index (κ1) is 31.1. The Morgan fingerprint density at radius 3 is 2.00 bits per heavy atom. The highest BCUT2D eigenvalue weighted by Gasteiger charge is 2.28. The van der Waals surface area contributed by atoms with E-state index in [-0.39, 0.29) is 31.3 Å². The maximum absolute atomic E-state index is 12.8. The Morgan fingerprint density at radius 1 is 0.853 bits per heavy atom. The molecule has 0 saturated carbocycles. The molecule has 0 saturated heterocycles. The zero-order valence-electron chi connectivity index (χ0n) is 20.4. The maximum Gasteiger partial charge on any atom is 0.326 e. The Kier molecular flexibility index (Phi) is 15.2. The van der Waals surface area contributed by atoms with Crippen molar-refractivity contribution in [3.8, 4) is 0 Å². The molecule has 34 heavy (non-hydrogen) atoms. The second-order valence-corrected chi connectivity index (χ2v) is 8.66. The third-order valence-electron chi connectivity index (χ3n) is 4.96. The molecule has 0 aromatic carbocycles. The first-order valence-electron chi connectivity index (χ1n) is 11.5. The molecule has 0 aliphatic rings. The predicted octanol–water partition coefficient (Wildman–Crippen LogP) is -1.90. The summed E-state index contributed by atoms with van der Waals surface area (Å²) in [5.41, 5.74) is 21.9. The van der Waals surface area contributed by atoms with Gasteiger partial charge in [0.2, 0.25) is 17.7 Å². The van der Waals surface area contributed by atoms with E-state index in [9.17, 15) is 24.3 Å². The highest BCUT2D eigenvalue weighted by atomic mass is 16.4. The van der Waals surface area contributed by atoms with Gasteiger partial charge in [-0.25, -0.2) is 4.79 Å². The van der Waals surface area contributed by atoms with Gasteiger partial charge < -0.3 is 44.0 Å². The maximum atomic E-state index is 12.8. The summed E-state index contributed by atoms with van der Waals surface area (Å²) in [5, 5.41) is 17.0. The lowest BCUT2D eigenvalue weighted by molar-refractivity contribution is -0.142. The van der Waals surface area contributed by atoms with Gasteiger partial charge in [0.25, 0.3) is 0 Å². The molecule has 196 valence electrons. The van der Waals surface area contributed by atoms with Gasteiger partial charge in [-0.3, -0.25) is 19.4 Å². The van der Waals surface area contributed by atoms with E-state index in [1.165, 1.54) is 6.92 Å². The Balaban J connectivity index is 5.17. The van der Waals surface area contributed by atoms with Gasteiger partial charge in [0.05, 0.1) is 6.04 Å². The second kappa shape index (κ2) is 16.6. The molecule has 13 nitrogen and oxygen atoms in total. The third-order valence-corrected chi connectivity index (χ3v) is 4.96. The van der Waals surface area contributed by atoms with E-state index in [1.807, 2.05) is 13.8 Å². The van der Waals surface area contributed by atoms with Crippen molar-refractivity contribution in [2.75, 3.05) is 13.1 Å². The van der Waals surface area contributed by atoms with Crippen molar-refractivity contribution in [3.63, 3.8) is 0 Å². The van der Waals surface area contributed by atoms with E-state index in [0.717, 1.165) is 6.42 Å². The Bertz CT molecular complexity index is 697. The zero-order chi connectivity index (χ0) is 26.3. The molecular weight excluding hydrogens is 444 g/mol. The van der Waals surface area contributed by atoms with Crippen LogP contribution < -0.4 is 38.9 Å². The molecule has 0 aromatic heterocycles. The van der Waals surface area contributed by atoms with Crippen molar-refractivity contribution in [3.05, 3.63) is 0 Å². The fraction of sp³-hybridized carbons (Fsp3) is 0.762. The molecule has 4 atom stereocenters. The lowest BCUT2D eigenvalue weighted by Gasteiger charge is -2.24. The first-order chi connectivity index (χ1) is 15.9. The molecule has 0 fully saturated rings. The number of aliphatic carboxylic acids is 1. The van der Waals surface area contributed by atoms with Crippen LogP contribution in [0.3, 0.4) is 0 Å². The molecular formula is C21H42N8O5. The number of nitrogens with zero attached hydrogens (tertiary/aromatic N) is 1. The van der Waals surface area contributed by atoms with Gasteiger partial charge in [0.15, 0.2) is 5.96 Å². The Labute approximate surface area is 200 Å². The molecule has 12 N–H and O–H groups in total. The fourth-order valence-electron chi connectivity index (χ4n) is 3.06. The van der Waals surface area contributed by atoms with E-state index in [1.54, 1.807) is 0 Å². The minimum atomic E-state index is -1.17. The van der Waals surface area contributed by atoms with Crippen molar-refractivity contribution in [2.45, 2.75) is 83.5 Å². The zero-order valence-corrected chi connectivity index (χ0v) is 20.4. The molecule has 0 rings (SSSR count). The largest absolute Gasteiger partial charge is 0.480 e. The summed E-state index contributed by atoms with van der Waals surface area (Å²) in [5.74, 6) is -3.00. The lowest BCUT2D eigenvalue weighted by Crippen LogP contribution is -2.56. The van der Waals surface area contributed by atoms with Gasteiger partial charge in [-0.15, -0.1) is 0 Å². The summed E-state index contributed by atoms with van der Waals surface area (Å²) in [6.45, 7) is 5.86. The van der Waals surface area contributed by atoms with Gasteiger partial charge in [0, 0.05) is 6.54 Å². The molecule has 0 heterocycles. The molecule has 0 aliphatic carbocycles. The van der Waals surface area contributed by atoms with Crippen molar-refractivity contribution in [2.24, 2.45) is 33.8 Å². The number of guanidine groups is 1. The number of unbranched alkanes of at least 4 members (excludes halogenated alkanes) is 1. The molecule has 0 bridgehead atoms. The summed E-state index contributed by atoms with van der Waals surface area (Å²) in [6.07, 6.45) is 2.59. The second-order valence-electron chi connectivity index (χ2n) is 8.66. The number of aliphatic imine (C=N–C) groups is 1. The standard InChI is InChI=1S/C21H42N8O5/c1-12(2)11-16(20(33)34)29-19(32)15(8-6-10-26-21(24)25)28-17(30)13(3)27-18(31)14(23)7-4-5-9-22/h12-16H,4-11,22-23H2,1-3H3,(H,27,31)(H,28,30)(H,29,32)(H,33,34)(H4,24,25,26). The number of carboxylic acid groups (broad SMARTS) is 1. The van der Waals surface area contributed by atoms with E-state index >= 15 is 0 Å². The topological polar surface area (TPSA) is 241 Å². The first-order valence-corrected chi connectivity index (χ1v) is 11.5. The van der Waals surface area contributed by atoms with E-state index < -0.39 is 47.9 Å². The smallest absolute Gasteiger partial charge is 0.326 e. The fourth-order valence-corrected chi connectivity index (χ4v) is 3.06. The van der Waals surface area contributed by atoms with Crippen LogP contribution in [0.2, 0.25) is 0 Å². The van der Waals surface area contributed by atoms with Gasteiger partial charge >= 0.3 is 5.97 Å². The van der Waals surface area contributed by atoms with Crippen molar-refractivity contribution < 1.29 is 24.3 Å². The van der Waals surface area contributed by atoms with Crippen LogP contribution in [-0.2, 0) is 19.2 Å². The average molecular weight is 487 g/mol. The van der Waals surface area contributed by atoms with Crippen molar-refractivity contribution >= 4 is 29.7 Å². The molecule has 0 aromatic rings. The van der Waals surface area contributed by atoms with E-state index in [4.69, 9.17) is 22.9 Å². The lowest BCUT2D eigenvalue weighted by atomic mass is 10.0. The summed E-state index contributed by atoms with van der Waals surface area (Å²) in [7, 11) is 0. The van der Waals surface area contributed by atoms with Crippen LogP contribution in [0.4, 0.5) is 0 Å². The average Bonchev–Trinajstić information content (AvgIpc) is 2.74. The van der Waals surface area contributed by atoms with E-state index in [2.05, 4.69) is 20.9 Å². The normalized spacial score (nSPS) is 14.4. The predicted molar refractivity (Wildman–Crippen MR) is 129 cm³/mol. The van der Waals surface area contributed by atoms with Gasteiger partial charge in [-0.05, 0) is 51.5 Å². The third kappa shape index (κ3) is 13.6. The van der Waals surface area contributed by atoms with Gasteiger partial charge in [0.1, 0.15) is 18.1 Å². The van der Waals surface area contributed by atoms with Gasteiger partial charge in [-0.2, -0.15) is 0 Å². The quantitative estimate of drug-likeness (QED) is 0.0649. The molecule has 4 unspecified atom stereocenters. The Hall–Kier alpha value is -2.93. The molecule has 0 spiro atoms. The minimum absolute atomic E-state index is 0.0283. The molecule has 0 aliphatic heterocycles. The van der Waals surface area contributed by atoms with Gasteiger partial charge in [-0.1, -0.05) is 20.3 Å². The Morgan fingerprint density at radius 2 is 1.47 bits per heavy atom. The minimum Gasteiger partial charge on any atom is -0.480 e. The number of carbonyl (C=O) groups is 4. The number of carbonyl (C=O) groups excluding carboxylic acids is 3. The molecule has 3 amide bonds. The number of hydrogen-bond donors (Lipinski definition) is 8. The number of hydrogen-bond acceptors (Lipinski definition) is 7. The van der Waals surface area contributed by atoms with Crippen LogP contribution in [0.25, 0.3) is 0 Å². The highest BCUT2D eigenvalue weighted by Crippen LogP contribution is 2.07. The summed E-state index contributed by atoms with van der Waals surface area (Å²) in [6, 6.07) is -3.90. The van der Waals surface area contributed by atoms with Crippen LogP contribution >= 0.6 is 0 Å². The SMILES string of the molecule is CC(C)CC(NC(=O)C(CCCN=C(N)N)NC(=O)C(C)NC(=O)C(N)CCCCN)C(=O)O. The van der Waals surface area contributed by atoms with E-state index in [0.29, 0.717) is 25.8 Å². The van der Waals surface area contributed by atoms with Crippen LogP contribution in [0.5, 0.6) is 0 Å². The number of nitrogens with two attached hydrogens (primary N) is 4. The number of rotatable bonds is 17. The monoisotopic (exact) mass is 486 g/mol. The summed E-state index contributed by atoms with van der Waals surface area (Å²) in [4.78, 5) is 53.1. The van der Waals surface area contributed by atoms with Crippen LogP contribution in [-0.4, -0.2) is 72.0 Å². The van der Waals surface area contributed by atoms with Crippen LogP contribution in [0.15, 0.2) is 4.99 Å². The molecule has 13 heteroatoms. The molecule has 0 radical (unpaired) electrons. The summed E-state index contributed by atoms with van der Waals surface area (Å²) < 4.78 is 0. The number of nitrogens with one attached hydrogen (secondary N) is 3. The highest BCUT2D eigenvalue weighted by molar-refractivity contribution is 5.93. The number of amides is 3. The summed E-state index contributed by atoms with van der Waals surface area (Å²) >= 11 is 0. The van der Waals surface area contributed by atoms with Crippen LogP contribution in [0, 0.1) is 5.92 Å².